The molecule has 0 amide bonds. The summed E-state index contributed by atoms with van der Waals surface area (Å²) in [6.45, 7) is 0. The molecule has 0 spiro atoms. The molecular weight excluding hydrogens is 166 g/mol. The molecule has 68 valence electrons. The third-order valence-corrected chi connectivity index (χ3v) is 2.55. The zero-order valence-electron chi connectivity index (χ0n) is 7.23. The molecule has 1 fully saturated rings. The first-order valence-electron chi connectivity index (χ1n) is 4.36. The molecule has 13 heavy (non-hydrogen) atoms. The molecule has 0 aliphatic heterocycles. The smallest absolute Gasteiger partial charge is 0.310 e. The van der Waals surface area contributed by atoms with Gasteiger partial charge in [-0.1, -0.05) is 6.07 Å². The van der Waals surface area contributed by atoms with Gasteiger partial charge in [0.1, 0.15) is 0 Å². The Hall–Kier alpha value is -1.38. The maximum Gasteiger partial charge on any atom is 0.310 e. The van der Waals surface area contributed by atoms with E-state index in [1.54, 1.807) is 6.20 Å². The van der Waals surface area contributed by atoms with E-state index in [-0.39, 0.29) is 0 Å². The Balaban J connectivity index is 2.11. The zero-order valence-corrected chi connectivity index (χ0v) is 7.23. The van der Waals surface area contributed by atoms with Crippen LogP contribution in [0.5, 0.6) is 0 Å². The van der Waals surface area contributed by atoms with Gasteiger partial charge in [0.15, 0.2) is 0 Å². The minimum atomic E-state index is -0.682. The first kappa shape index (κ1) is 8.23. The monoisotopic (exact) mass is 177 g/mol. The van der Waals surface area contributed by atoms with Gasteiger partial charge < -0.3 is 5.11 Å². The molecule has 3 nitrogen and oxygen atoms in total. The van der Waals surface area contributed by atoms with E-state index in [2.05, 4.69) is 4.98 Å². The molecular formula is C10H11NO2. The van der Waals surface area contributed by atoms with Crippen LogP contribution in [0.15, 0.2) is 24.4 Å². The van der Waals surface area contributed by atoms with Crippen LogP contribution in [-0.2, 0) is 11.2 Å². The number of carboxylic acids is 1. The molecule has 1 aliphatic rings. The fourth-order valence-electron chi connectivity index (χ4n) is 1.47. The van der Waals surface area contributed by atoms with Crippen molar-refractivity contribution in [3.05, 3.63) is 30.1 Å². The number of carbonyl (C=O) groups is 1. The minimum absolute atomic E-state index is 0.492. The van der Waals surface area contributed by atoms with E-state index in [1.807, 2.05) is 18.2 Å². The van der Waals surface area contributed by atoms with Gasteiger partial charge in [-0.05, 0) is 25.0 Å². The first-order valence-corrected chi connectivity index (χ1v) is 4.36. The highest BCUT2D eigenvalue weighted by molar-refractivity contribution is 5.78. The molecule has 0 unspecified atom stereocenters. The van der Waals surface area contributed by atoms with Crippen LogP contribution in [0.3, 0.4) is 0 Å². The van der Waals surface area contributed by atoms with Gasteiger partial charge in [-0.25, -0.2) is 0 Å². The number of aromatic nitrogens is 1. The fourth-order valence-corrected chi connectivity index (χ4v) is 1.47. The second kappa shape index (κ2) is 2.83. The van der Waals surface area contributed by atoms with Gasteiger partial charge in [0.05, 0.1) is 5.41 Å². The van der Waals surface area contributed by atoms with Crippen LogP contribution in [0.4, 0.5) is 0 Å². The molecule has 1 aliphatic carbocycles. The summed E-state index contributed by atoms with van der Waals surface area (Å²) >= 11 is 0. The van der Waals surface area contributed by atoms with Crippen LogP contribution in [0.2, 0.25) is 0 Å². The van der Waals surface area contributed by atoms with E-state index < -0.39 is 11.4 Å². The molecule has 0 bridgehead atoms. The van der Waals surface area contributed by atoms with E-state index in [1.165, 1.54) is 0 Å². The second-order valence-corrected chi connectivity index (χ2v) is 3.58. The van der Waals surface area contributed by atoms with E-state index in [9.17, 15) is 4.79 Å². The summed E-state index contributed by atoms with van der Waals surface area (Å²) in [6.07, 6.45) is 3.86. The molecule has 0 radical (unpaired) electrons. The van der Waals surface area contributed by atoms with Crippen molar-refractivity contribution in [3.8, 4) is 0 Å². The molecule has 0 atom stereocenters. The molecule has 1 aromatic rings. The van der Waals surface area contributed by atoms with Crippen molar-refractivity contribution < 1.29 is 9.90 Å². The van der Waals surface area contributed by atoms with Crippen LogP contribution in [0.25, 0.3) is 0 Å². The Morgan fingerprint density at radius 3 is 2.77 bits per heavy atom. The summed E-state index contributed by atoms with van der Waals surface area (Å²) in [6, 6.07) is 5.60. The third kappa shape index (κ3) is 1.54. The summed E-state index contributed by atoms with van der Waals surface area (Å²) in [5.41, 5.74) is 0.386. The molecule has 1 N–H and O–H groups in total. The average molecular weight is 177 g/mol. The quantitative estimate of drug-likeness (QED) is 0.760. The third-order valence-electron chi connectivity index (χ3n) is 2.55. The van der Waals surface area contributed by atoms with Crippen LogP contribution in [0.1, 0.15) is 18.5 Å². The van der Waals surface area contributed by atoms with Gasteiger partial charge in [-0.2, -0.15) is 0 Å². The van der Waals surface area contributed by atoms with E-state index in [4.69, 9.17) is 5.11 Å². The van der Waals surface area contributed by atoms with Crippen LogP contribution < -0.4 is 0 Å². The highest BCUT2D eigenvalue weighted by Crippen LogP contribution is 2.48. The summed E-state index contributed by atoms with van der Waals surface area (Å²) < 4.78 is 0. The lowest BCUT2D eigenvalue weighted by Crippen LogP contribution is -2.18. The summed E-state index contributed by atoms with van der Waals surface area (Å²) in [7, 11) is 0. The standard InChI is InChI=1S/C10H11NO2/c12-9(13)10(4-5-10)7-8-3-1-2-6-11-8/h1-3,6H,4-5,7H2,(H,12,13). The lowest BCUT2D eigenvalue weighted by molar-refractivity contribution is -0.143. The SMILES string of the molecule is O=C(O)C1(Cc2ccccn2)CC1. The molecule has 0 saturated heterocycles. The van der Waals surface area contributed by atoms with Crippen molar-refractivity contribution in [1.82, 2.24) is 4.98 Å². The predicted octanol–water partition coefficient (Wildman–Crippen LogP) is 1.49. The number of hydrogen-bond acceptors (Lipinski definition) is 2. The Morgan fingerprint density at radius 1 is 1.54 bits per heavy atom. The van der Waals surface area contributed by atoms with Gasteiger partial charge in [-0.15, -0.1) is 0 Å². The molecule has 0 aromatic carbocycles. The van der Waals surface area contributed by atoms with E-state index >= 15 is 0 Å². The maximum atomic E-state index is 10.9. The lowest BCUT2D eigenvalue weighted by atomic mass is 10.0. The summed E-state index contributed by atoms with van der Waals surface area (Å²) in [4.78, 5) is 15.0. The van der Waals surface area contributed by atoms with Crippen molar-refractivity contribution in [2.75, 3.05) is 0 Å². The van der Waals surface area contributed by atoms with Gasteiger partial charge in [0.2, 0.25) is 0 Å². The Morgan fingerprint density at radius 2 is 2.31 bits per heavy atom. The normalized spacial score (nSPS) is 18.2. The van der Waals surface area contributed by atoms with E-state index in [0.717, 1.165) is 18.5 Å². The first-order chi connectivity index (χ1) is 6.23. The molecule has 2 rings (SSSR count). The number of nitrogens with zero attached hydrogens (tertiary/aromatic N) is 1. The number of aliphatic carboxylic acids is 1. The lowest BCUT2D eigenvalue weighted by Gasteiger charge is -2.07. The average Bonchev–Trinajstić information content (AvgIpc) is 2.87. The van der Waals surface area contributed by atoms with Crippen molar-refractivity contribution >= 4 is 5.97 Å². The highest BCUT2D eigenvalue weighted by Gasteiger charge is 2.50. The number of hydrogen-bond donors (Lipinski definition) is 1. The molecule has 1 saturated carbocycles. The maximum absolute atomic E-state index is 10.9. The highest BCUT2D eigenvalue weighted by atomic mass is 16.4. The number of carboxylic acid groups (broad SMARTS) is 1. The number of pyridine rings is 1. The van der Waals surface area contributed by atoms with Crippen molar-refractivity contribution in [2.24, 2.45) is 5.41 Å². The minimum Gasteiger partial charge on any atom is -0.481 e. The van der Waals surface area contributed by atoms with Gasteiger partial charge in [0.25, 0.3) is 0 Å². The van der Waals surface area contributed by atoms with Crippen LogP contribution in [-0.4, -0.2) is 16.1 Å². The zero-order chi connectivity index (χ0) is 9.31. The van der Waals surface area contributed by atoms with Crippen molar-refractivity contribution in [3.63, 3.8) is 0 Å². The Labute approximate surface area is 76.4 Å². The van der Waals surface area contributed by atoms with Gasteiger partial charge in [0, 0.05) is 18.3 Å². The van der Waals surface area contributed by atoms with Crippen molar-refractivity contribution in [2.45, 2.75) is 19.3 Å². The van der Waals surface area contributed by atoms with Gasteiger partial charge >= 0.3 is 5.97 Å². The van der Waals surface area contributed by atoms with Crippen LogP contribution in [0, 0.1) is 5.41 Å². The fraction of sp³-hybridized carbons (Fsp3) is 0.400. The Bertz CT molecular complexity index is 317. The van der Waals surface area contributed by atoms with E-state index in [0.29, 0.717) is 6.42 Å². The predicted molar refractivity (Wildman–Crippen MR) is 47.2 cm³/mol. The number of rotatable bonds is 3. The summed E-state index contributed by atoms with van der Waals surface area (Å²) in [5.74, 6) is -0.682. The molecule has 1 heterocycles. The van der Waals surface area contributed by atoms with Gasteiger partial charge in [-0.3, -0.25) is 9.78 Å². The summed E-state index contributed by atoms with van der Waals surface area (Å²) in [5, 5.41) is 8.94. The van der Waals surface area contributed by atoms with Crippen molar-refractivity contribution in [1.29, 1.82) is 0 Å². The second-order valence-electron chi connectivity index (χ2n) is 3.58. The Kier molecular flexibility index (Phi) is 1.79. The molecule has 3 heteroatoms. The molecule has 1 aromatic heterocycles. The topological polar surface area (TPSA) is 50.2 Å². The van der Waals surface area contributed by atoms with Crippen LogP contribution >= 0.6 is 0 Å². The largest absolute Gasteiger partial charge is 0.481 e.